The molecule has 3 heterocycles. The summed E-state index contributed by atoms with van der Waals surface area (Å²) in [5, 5.41) is 4.11. The number of aromatic nitrogens is 4. The number of amides is 1. The van der Waals surface area contributed by atoms with E-state index < -0.39 is 0 Å². The summed E-state index contributed by atoms with van der Waals surface area (Å²) in [4.78, 5) is 32.4. The number of aromatic amines is 1. The van der Waals surface area contributed by atoms with Gasteiger partial charge < -0.3 is 9.88 Å². The number of rotatable bonds is 4. The van der Waals surface area contributed by atoms with Crippen molar-refractivity contribution in [2.24, 2.45) is 7.05 Å². The molecule has 122 valence electrons. The summed E-state index contributed by atoms with van der Waals surface area (Å²) in [6.45, 7) is 1.45. The van der Waals surface area contributed by atoms with Gasteiger partial charge in [0.25, 0.3) is 5.56 Å². The largest absolute Gasteiger partial charge is 0.343 e. The van der Waals surface area contributed by atoms with Crippen molar-refractivity contribution in [3.63, 3.8) is 0 Å². The summed E-state index contributed by atoms with van der Waals surface area (Å²) in [5.74, 6) is 0.446. The van der Waals surface area contributed by atoms with Gasteiger partial charge in [0, 0.05) is 50.4 Å². The predicted molar refractivity (Wildman–Crippen MR) is 84.9 cm³/mol. The molecule has 1 aliphatic heterocycles. The van der Waals surface area contributed by atoms with Crippen molar-refractivity contribution >= 4 is 5.91 Å². The quantitative estimate of drug-likeness (QED) is 0.906. The van der Waals surface area contributed by atoms with E-state index in [0.717, 1.165) is 37.3 Å². The number of piperidine rings is 1. The number of carbonyl (C=O) groups is 1. The van der Waals surface area contributed by atoms with Crippen LogP contribution in [-0.2, 0) is 18.3 Å². The first-order chi connectivity index (χ1) is 11.1. The minimum Gasteiger partial charge on any atom is -0.343 e. The second-order valence-electron chi connectivity index (χ2n) is 5.94. The third-order valence-electron chi connectivity index (χ3n) is 4.48. The standard InChI is InChI=1S/C16H21N5O2/c1-20-13(4-7-19-20)2-3-16(23)21-8-5-12(6-9-21)14-10-15(22)18-11-17-14/h4,7,10-12H,2-3,5-6,8-9H2,1H3,(H,17,18,22). The summed E-state index contributed by atoms with van der Waals surface area (Å²) >= 11 is 0. The van der Waals surface area contributed by atoms with Crippen LogP contribution >= 0.6 is 0 Å². The highest BCUT2D eigenvalue weighted by Gasteiger charge is 2.24. The Morgan fingerprint density at radius 3 is 2.83 bits per heavy atom. The van der Waals surface area contributed by atoms with Crippen molar-refractivity contribution in [1.82, 2.24) is 24.6 Å². The molecule has 23 heavy (non-hydrogen) atoms. The van der Waals surface area contributed by atoms with Crippen LogP contribution in [0.1, 0.15) is 36.6 Å². The first kappa shape index (κ1) is 15.5. The Kier molecular flexibility index (Phi) is 4.55. The van der Waals surface area contributed by atoms with Gasteiger partial charge in [-0.2, -0.15) is 5.10 Å². The number of aryl methyl sites for hydroxylation is 2. The maximum Gasteiger partial charge on any atom is 0.250 e. The first-order valence-electron chi connectivity index (χ1n) is 7.93. The second-order valence-corrected chi connectivity index (χ2v) is 5.94. The number of H-pyrrole nitrogens is 1. The van der Waals surface area contributed by atoms with E-state index in [-0.39, 0.29) is 17.4 Å². The van der Waals surface area contributed by atoms with Gasteiger partial charge in [0.05, 0.1) is 12.0 Å². The Morgan fingerprint density at radius 1 is 1.39 bits per heavy atom. The van der Waals surface area contributed by atoms with E-state index >= 15 is 0 Å². The van der Waals surface area contributed by atoms with Crippen molar-refractivity contribution in [3.8, 4) is 0 Å². The van der Waals surface area contributed by atoms with E-state index in [1.54, 1.807) is 16.9 Å². The molecule has 7 nitrogen and oxygen atoms in total. The average Bonchev–Trinajstić information content (AvgIpc) is 2.98. The maximum absolute atomic E-state index is 12.3. The van der Waals surface area contributed by atoms with Gasteiger partial charge in [-0.15, -0.1) is 0 Å². The first-order valence-corrected chi connectivity index (χ1v) is 7.93. The van der Waals surface area contributed by atoms with Crippen LogP contribution in [0.5, 0.6) is 0 Å². The lowest BCUT2D eigenvalue weighted by atomic mass is 9.93. The number of hydrogen-bond acceptors (Lipinski definition) is 4. The molecule has 2 aromatic heterocycles. The molecule has 1 aliphatic rings. The zero-order chi connectivity index (χ0) is 16.2. The molecule has 1 saturated heterocycles. The van der Waals surface area contributed by atoms with Crippen LogP contribution in [0.15, 0.2) is 29.5 Å². The van der Waals surface area contributed by atoms with Crippen molar-refractivity contribution in [3.05, 3.63) is 46.4 Å². The number of hydrogen-bond donors (Lipinski definition) is 1. The lowest BCUT2D eigenvalue weighted by Gasteiger charge is -2.31. The molecule has 7 heteroatoms. The van der Waals surface area contributed by atoms with Gasteiger partial charge in [-0.3, -0.25) is 14.3 Å². The Balaban J connectivity index is 1.51. The number of carbonyl (C=O) groups excluding carboxylic acids is 1. The smallest absolute Gasteiger partial charge is 0.250 e. The molecule has 2 aromatic rings. The van der Waals surface area contributed by atoms with E-state index in [2.05, 4.69) is 15.1 Å². The van der Waals surface area contributed by atoms with Crippen molar-refractivity contribution < 1.29 is 4.79 Å². The Hall–Kier alpha value is -2.44. The highest BCUT2D eigenvalue weighted by Crippen LogP contribution is 2.26. The molecule has 1 fully saturated rings. The topological polar surface area (TPSA) is 83.9 Å². The SMILES string of the molecule is Cn1nccc1CCC(=O)N1CCC(c2cc(=O)[nH]cn2)CC1. The third-order valence-corrected chi connectivity index (χ3v) is 4.48. The van der Waals surface area contributed by atoms with Gasteiger partial charge in [-0.05, 0) is 25.3 Å². The third kappa shape index (κ3) is 3.67. The van der Waals surface area contributed by atoms with Gasteiger partial charge >= 0.3 is 0 Å². The number of nitrogens with one attached hydrogen (secondary N) is 1. The minimum atomic E-state index is -0.121. The fraction of sp³-hybridized carbons (Fsp3) is 0.500. The van der Waals surface area contributed by atoms with E-state index in [0.29, 0.717) is 12.8 Å². The molecule has 0 aromatic carbocycles. The van der Waals surface area contributed by atoms with Gasteiger partial charge in [-0.1, -0.05) is 0 Å². The maximum atomic E-state index is 12.3. The van der Waals surface area contributed by atoms with Gasteiger partial charge in [-0.25, -0.2) is 4.98 Å². The number of nitrogens with zero attached hydrogens (tertiary/aromatic N) is 4. The van der Waals surface area contributed by atoms with Crippen molar-refractivity contribution in [2.45, 2.75) is 31.6 Å². The fourth-order valence-electron chi connectivity index (χ4n) is 3.07. The van der Waals surface area contributed by atoms with Crippen LogP contribution in [0.3, 0.4) is 0 Å². The average molecular weight is 315 g/mol. The summed E-state index contributed by atoms with van der Waals surface area (Å²) in [6.07, 6.45) is 6.13. The Morgan fingerprint density at radius 2 is 2.17 bits per heavy atom. The lowest BCUT2D eigenvalue weighted by Crippen LogP contribution is -2.38. The van der Waals surface area contributed by atoms with Crippen LogP contribution in [0, 0.1) is 0 Å². The van der Waals surface area contributed by atoms with E-state index in [1.807, 2.05) is 18.0 Å². The zero-order valence-corrected chi connectivity index (χ0v) is 13.2. The van der Waals surface area contributed by atoms with Crippen LogP contribution in [0.25, 0.3) is 0 Å². The van der Waals surface area contributed by atoms with E-state index in [1.165, 1.54) is 6.33 Å². The Labute approximate surface area is 134 Å². The highest BCUT2D eigenvalue weighted by molar-refractivity contribution is 5.76. The normalized spacial score (nSPS) is 15.8. The van der Waals surface area contributed by atoms with Crippen LogP contribution < -0.4 is 5.56 Å². The van der Waals surface area contributed by atoms with Crippen molar-refractivity contribution in [1.29, 1.82) is 0 Å². The summed E-state index contributed by atoms with van der Waals surface area (Å²) < 4.78 is 1.80. The van der Waals surface area contributed by atoms with Gasteiger partial charge in [0.15, 0.2) is 0 Å². The molecular formula is C16H21N5O2. The van der Waals surface area contributed by atoms with Gasteiger partial charge in [0.1, 0.15) is 0 Å². The molecule has 0 aliphatic carbocycles. The molecule has 0 saturated carbocycles. The van der Waals surface area contributed by atoms with Crippen LogP contribution in [0.4, 0.5) is 0 Å². The lowest BCUT2D eigenvalue weighted by molar-refractivity contribution is -0.132. The summed E-state index contributed by atoms with van der Waals surface area (Å²) in [6, 6.07) is 3.50. The fourth-order valence-corrected chi connectivity index (χ4v) is 3.07. The van der Waals surface area contributed by atoms with E-state index in [9.17, 15) is 9.59 Å². The minimum absolute atomic E-state index is 0.121. The summed E-state index contributed by atoms with van der Waals surface area (Å²) in [5.41, 5.74) is 1.78. The molecule has 0 spiro atoms. The monoisotopic (exact) mass is 315 g/mol. The molecule has 0 atom stereocenters. The molecular weight excluding hydrogens is 294 g/mol. The predicted octanol–water partition coefficient (Wildman–Crippen LogP) is 0.842. The molecule has 0 bridgehead atoms. The highest BCUT2D eigenvalue weighted by atomic mass is 16.2. The second kappa shape index (κ2) is 6.76. The van der Waals surface area contributed by atoms with E-state index in [4.69, 9.17) is 0 Å². The summed E-state index contributed by atoms with van der Waals surface area (Å²) in [7, 11) is 1.89. The molecule has 0 unspecified atom stereocenters. The Bertz CT molecular complexity index is 728. The molecule has 0 radical (unpaired) electrons. The van der Waals surface area contributed by atoms with Crippen LogP contribution in [-0.4, -0.2) is 43.6 Å². The number of likely N-dealkylation sites (tertiary alicyclic amines) is 1. The van der Waals surface area contributed by atoms with Crippen molar-refractivity contribution in [2.75, 3.05) is 13.1 Å². The molecule has 1 N–H and O–H groups in total. The van der Waals surface area contributed by atoms with Gasteiger partial charge in [0.2, 0.25) is 5.91 Å². The zero-order valence-electron chi connectivity index (χ0n) is 13.2. The molecule has 1 amide bonds. The van der Waals surface area contributed by atoms with Crippen LogP contribution in [0.2, 0.25) is 0 Å². The molecule has 3 rings (SSSR count).